The maximum absolute atomic E-state index is 12.7. The minimum atomic E-state index is -3.55. The molecule has 108 valence electrons. The van der Waals surface area contributed by atoms with E-state index in [1.54, 1.807) is 13.1 Å². The third-order valence-electron chi connectivity index (χ3n) is 3.44. The van der Waals surface area contributed by atoms with E-state index in [4.69, 9.17) is 0 Å². The summed E-state index contributed by atoms with van der Waals surface area (Å²) in [6.45, 7) is 2.02. The predicted octanol–water partition coefficient (Wildman–Crippen LogP) is 0.805. The topological polar surface area (TPSA) is 83.9 Å². The highest BCUT2D eigenvalue weighted by Crippen LogP contribution is 2.32. The van der Waals surface area contributed by atoms with E-state index < -0.39 is 10.0 Å². The first-order chi connectivity index (χ1) is 9.48. The zero-order chi connectivity index (χ0) is 14.3. The van der Waals surface area contributed by atoms with Crippen molar-refractivity contribution >= 4 is 10.0 Å². The van der Waals surface area contributed by atoms with E-state index in [0.29, 0.717) is 5.82 Å². The molecular weight excluding hydrogens is 278 g/mol. The fraction of sp³-hybridized carbons (Fsp3) is 0.500. The smallest absolute Gasteiger partial charge is 0.260 e. The van der Waals surface area contributed by atoms with Crippen molar-refractivity contribution < 1.29 is 8.42 Å². The van der Waals surface area contributed by atoms with Crippen molar-refractivity contribution in [3.05, 3.63) is 30.2 Å². The lowest BCUT2D eigenvalue weighted by molar-refractivity contribution is 0.384. The quantitative estimate of drug-likeness (QED) is 0.884. The first-order valence-corrected chi connectivity index (χ1v) is 7.92. The lowest BCUT2D eigenvalue weighted by Gasteiger charge is -2.20. The van der Waals surface area contributed by atoms with E-state index in [1.807, 2.05) is 17.8 Å². The number of imidazole rings is 2. The molecule has 0 atom stereocenters. The van der Waals surface area contributed by atoms with Gasteiger partial charge in [-0.3, -0.25) is 0 Å². The van der Waals surface area contributed by atoms with Gasteiger partial charge in [0.15, 0.2) is 5.03 Å². The minimum Gasteiger partial charge on any atom is -0.337 e. The molecule has 0 saturated heterocycles. The maximum Gasteiger partial charge on any atom is 0.260 e. The van der Waals surface area contributed by atoms with E-state index in [0.717, 1.165) is 18.7 Å². The van der Waals surface area contributed by atoms with Gasteiger partial charge in [0.25, 0.3) is 10.0 Å². The Kier molecular flexibility index (Phi) is 3.14. The van der Waals surface area contributed by atoms with Crippen LogP contribution in [0.3, 0.4) is 0 Å². The molecule has 8 heteroatoms. The molecule has 1 N–H and O–H groups in total. The molecule has 2 aromatic rings. The zero-order valence-electron chi connectivity index (χ0n) is 11.4. The second kappa shape index (κ2) is 4.71. The molecule has 7 nitrogen and oxygen atoms in total. The number of nitrogens with zero attached hydrogens (tertiary/aromatic N) is 4. The summed E-state index contributed by atoms with van der Waals surface area (Å²) in [5.41, 5.74) is 0. The van der Waals surface area contributed by atoms with Gasteiger partial charge in [-0.15, -0.1) is 0 Å². The van der Waals surface area contributed by atoms with Crippen molar-refractivity contribution in [3.63, 3.8) is 0 Å². The third-order valence-corrected chi connectivity index (χ3v) is 5.25. The highest BCUT2D eigenvalue weighted by atomic mass is 32.2. The van der Waals surface area contributed by atoms with E-state index in [-0.39, 0.29) is 17.6 Å². The molecule has 0 spiro atoms. The van der Waals surface area contributed by atoms with Crippen molar-refractivity contribution in [3.8, 4) is 0 Å². The van der Waals surface area contributed by atoms with Gasteiger partial charge in [-0.25, -0.2) is 18.4 Å². The molecule has 3 rings (SSSR count). The van der Waals surface area contributed by atoms with Gasteiger partial charge in [-0.2, -0.15) is 4.31 Å². The number of aromatic amines is 1. The van der Waals surface area contributed by atoms with Gasteiger partial charge in [0.1, 0.15) is 11.6 Å². The number of nitrogens with one attached hydrogen (secondary N) is 1. The Morgan fingerprint density at radius 1 is 1.45 bits per heavy atom. The van der Waals surface area contributed by atoms with Crippen LogP contribution in [0, 0.1) is 6.92 Å². The molecule has 1 aliphatic rings. The van der Waals surface area contributed by atoms with Gasteiger partial charge in [0.05, 0.1) is 12.7 Å². The second-order valence-corrected chi connectivity index (χ2v) is 6.93. The Labute approximate surface area is 117 Å². The summed E-state index contributed by atoms with van der Waals surface area (Å²) >= 11 is 0. The number of aryl methyl sites for hydroxylation is 2. The summed E-state index contributed by atoms with van der Waals surface area (Å²) in [5, 5.41) is 0.149. The van der Waals surface area contributed by atoms with Gasteiger partial charge in [-0.05, 0) is 19.8 Å². The molecule has 2 aromatic heterocycles. The number of H-pyrrole nitrogens is 1. The average molecular weight is 295 g/mol. The molecule has 0 aromatic carbocycles. The van der Waals surface area contributed by atoms with Crippen molar-refractivity contribution in [2.24, 2.45) is 7.05 Å². The molecule has 1 aliphatic carbocycles. The van der Waals surface area contributed by atoms with Gasteiger partial charge in [-0.1, -0.05) is 0 Å². The molecule has 0 unspecified atom stereocenters. The van der Waals surface area contributed by atoms with Gasteiger partial charge < -0.3 is 9.55 Å². The SMILES string of the molecule is Cc1ncc(S(=O)(=O)N(Cc2nccn2C)C2CC2)[nH]1. The zero-order valence-corrected chi connectivity index (χ0v) is 12.3. The van der Waals surface area contributed by atoms with Crippen LogP contribution in [-0.4, -0.2) is 38.3 Å². The van der Waals surface area contributed by atoms with Gasteiger partial charge >= 0.3 is 0 Å². The molecule has 0 radical (unpaired) electrons. The first-order valence-electron chi connectivity index (χ1n) is 6.48. The van der Waals surface area contributed by atoms with Crippen LogP contribution in [0.1, 0.15) is 24.5 Å². The number of sulfonamides is 1. The van der Waals surface area contributed by atoms with Gasteiger partial charge in [0.2, 0.25) is 0 Å². The van der Waals surface area contributed by atoms with Crippen LogP contribution < -0.4 is 0 Å². The predicted molar refractivity (Wildman–Crippen MR) is 72.3 cm³/mol. The van der Waals surface area contributed by atoms with Crippen LogP contribution in [-0.2, 0) is 23.6 Å². The number of hydrogen-bond acceptors (Lipinski definition) is 4. The van der Waals surface area contributed by atoms with Crippen molar-refractivity contribution in [2.75, 3.05) is 0 Å². The van der Waals surface area contributed by atoms with Crippen molar-refractivity contribution in [1.82, 2.24) is 23.8 Å². The van der Waals surface area contributed by atoms with E-state index in [2.05, 4.69) is 15.0 Å². The first kappa shape index (κ1) is 13.3. The monoisotopic (exact) mass is 295 g/mol. The van der Waals surface area contributed by atoms with E-state index in [1.165, 1.54) is 10.5 Å². The standard InChI is InChI=1S/C12H17N5O2S/c1-9-14-7-12(15-9)20(18,19)17(10-3-4-10)8-11-13-5-6-16(11)2/h5-7,10H,3-4,8H2,1-2H3,(H,14,15). The highest BCUT2D eigenvalue weighted by Gasteiger charge is 2.39. The molecule has 0 aliphatic heterocycles. The summed E-state index contributed by atoms with van der Waals surface area (Å²) in [7, 11) is -1.69. The molecule has 2 heterocycles. The van der Waals surface area contributed by atoms with Crippen LogP contribution in [0.4, 0.5) is 0 Å². The maximum atomic E-state index is 12.7. The Morgan fingerprint density at radius 2 is 2.20 bits per heavy atom. The fourth-order valence-corrected chi connectivity index (χ4v) is 3.72. The Balaban J connectivity index is 1.93. The lowest BCUT2D eigenvalue weighted by Crippen LogP contribution is -2.33. The van der Waals surface area contributed by atoms with Crippen LogP contribution in [0.15, 0.2) is 23.6 Å². The second-order valence-electron chi connectivity index (χ2n) is 5.07. The molecular formula is C12H17N5O2S. The normalized spacial score (nSPS) is 15.9. The summed E-state index contributed by atoms with van der Waals surface area (Å²) in [6.07, 6.45) is 6.66. The third kappa shape index (κ3) is 2.36. The van der Waals surface area contributed by atoms with Crippen molar-refractivity contribution in [2.45, 2.75) is 37.4 Å². The highest BCUT2D eigenvalue weighted by molar-refractivity contribution is 7.89. The average Bonchev–Trinajstić information content (AvgIpc) is 3.00. The molecule has 0 bridgehead atoms. The molecule has 1 fully saturated rings. The minimum absolute atomic E-state index is 0.0697. The Hall–Kier alpha value is -1.67. The van der Waals surface area contributed by atoms with E-state index >= 15 is 0 Å². The number of aromatic nitrogens is 4. The summed E-state index contributed by atoms with van der Waals surface area (Å²) in [6, 6.07) is 0.0697. The summed E-state index contributed by atoms with van der Waals surface area (Å²) in [5.74, 6) is 1.33. The Morgan fingerprint density at radius 3 is 2.70 bits per heavy atom. The molecule has 0 amide bonds. The largest absolute Gasteiger partial charge is 0.337 e. The molecule has 20 heavy (non-hydrogen) atoms. The van der Waals surface area contributed by atoms with E-state index in [9.17, 15) is 8.42 Å². The van der Waals surface area contributed by atoms with Crippen LogP contribution in [0.5, 0.6) is 0 Å². The Bertz CT molecular complexity index is 714. The van der Waals surface area contributed by atoms with Crippen LogP contribution in [0.2, 0.25) is 0 Å². The van der Waals surface area contributed by atoms with Gasteiger partial charge in [0, 0.05) is 25.5 Å². The lowest BCUT2D eigenvalue weighted by atomic mass is 10.5. The number of hydrogen-bond donors (Lipinski definition) is 1. The van der Waals surface area contributed by atoms with Crippen LogP contribution >= 0.6 is 0 Å². The summed E-state index contributed by atoms with van der Waals surface area (Å²) in [4.78, 5) is 11.0. The fourth-order valence-electron chi connectivity index (χ4n) is 2.12. The summed E-state index contributed by atoms with van der Waals surface area (Å²) < 4.78 is 28.7. The molecule has 1 saturated carbocycles. The van der Waals surface area contributed by atoms with Crippen molar-refractivity contribution in [1.29, 1.82) is 0 Å². The number of rotatable bonds is 5. The van der Waals surface area contributed by atoms with Crippen LogP contribution in [0.25, 0.3) is 0 Å².